The van der Waals surface area contributed by atoms with Crippen molar-refractivity contribution in [3.8, 4) is 0 Å². The van der Waals surface area contributed by atoms with Gasteiger partial charge in [-0.3, -0.25) is 9.80 Å². The highest BCUT2D eigenvalue weighted by atomic mass is 35.5. The third kappa shape index (κ3) is 5.09. The molecule has 1 N–H and O–H groups in total. The summed E-state index contributed by atoms with van der Waals surface area (Å²) in [5, 5.41) is 2.97. The Kier molecular flexibility index (Phi) is 6.66. The summed E-state index contributed by atoms with van der Waals surface area (Å²) in [6.07, 6.45) is 3.75. The molecule has 0 unspecified atom stereocenters. The zero-order chi connectivity index (χ0) is 24.6. The molecule has 0 bridgehead atoms. The van der Waals surface area contributed by atoms with Crippen molar-refractivity contribution in [1.29, 1.82) is 0 Å². The first-order chi connectivity index (χ1) is 16.0. The van der Waals surface area contributed by atoms with E-state index in [-0.39, 0.29) is 35.6 Å². The smallest absolute Gasteiger partial charge is 0.407 e. The number of hydrogen-bond donors (Lipinski definition) is 1. The highest BCUT2D eigenvalue weighted by Crippen LogP contribution is 2.37. The molecule has 34 heavy (non-hydrogen) atoms. The molecule has 4 rings (SSSR count). The quantitative estimate of drug-likeness (QED) is 0.586. The second kappa shape index (κ2) is 9.37. The van der Waals surface area contributed by atoms with Crippen molar-refractivity contribution < 1.29 is 18.7 Å². The van der Waals surface area contributed by atoms with Gasteiger partial charge in [0.15, 0.2) is 0 Å². The van der Waals surface area contributed by atoms with E-state index in [4.69, 9.17) is 16.3 Å². The van der Waals surface area contributed by atoms with E-state index in [2.05, 4.69) is 15.3 Å². The normalized spacial score (nSPS) is 20.7. The van der Waals surface area contributed by atoms with Gasteiger partial charge in [-0.1, -0.05) is 12.1 Å². The van der Waals surface area contributed by atoms with Gasteiger partial charge < -0.3 is 10.1 Å². The van der Waals surface area contributed by atoms with E-state index in [1.807, 2.05) is 20.8 Å². The lowest BCUT2D eigenvalue weighted by Gasteiger charge is -2.42. The summed E-state index contributed by atoms with van der Waals surface area (Å²) in [5.74, 6) is -0.00399. The molecule has 1 saturated carbocycles. The number of halogens is 2. The number of alkyl carbamates (subject to hydrolysis) is 1. The second-order valence-corrected chi connectivity index (χ2v) is 10.1. The van der Waals surface area contributed by atoms with Gasteiger partial charge in [-0.15, -0.1) is 0 Å². The molecule has 0 radical (unpaired) electrons. The second-order valence-electron chi connectivity index (χ2n) is 9.78. The van der Waals surface area contributed by atoms with Crippen LogP contribution in [-0.2, 0) is 11.3 Å². The van der Waals surface area contributed by atoms with E-state index >= 15 is 0 Å². The van der Waals surface area contributed by atoms with Crippen molar-refractivity contribution in [2.45, 2.75) is 77.6 Å². The summed E-state index contributed by atoms with van der Waals surface area (Å²) in [7, 11) is 0. The Hall–Kier alpha value is -2.94. The third-order valence-electron chi connectivity index (χ3n) is 6.05. The maximum absolute atomic E-state index is 14.8. The average molecular weight is 490 g/mol. The number of ether oxygens (including phenoxy) is 1. The number of carbonyl (C=O) groups excluding carboxylic acids is 2. The van der Waals surface area contributed by atoms with E-state index in [1.165, 1.54) is 11.0 Å². The van der Waals surface area contributed by atoms with Crippen molar-refractivity contribution >= 4 is 35.2 Å². The maximum Gasteiger partial charge on any atom is 0.407 e. The lowest BCUT2D eigenvalue weighted by Crippen LogP contribution is -2.54. The molecule has 1 aromatic carbocycles. The molecule has 3 amide bonds. The van der Waals surface area contributed by atoms with Crippen LogP contribution in [0.1, 0.15) is 57.6 Å². The number of carbonyl (C=O) groups is 2. The number of aryl methyl sites for hydroxylation is 1. The molecule has 1 aromatic heterocycles. The number of anilines is 2. The van der Waals surface area contributed by atoms with Gasteiger partial charge >= 0.3 is 12.1 Å². The van der Waals surface area contributed by atoms with E-state index in [1.54, 1.807) is 30.2 Å². The molecule has 8 nitrogen and oxygen atoms in total. The molecule has 1 aliphatic heterocycles. The number of nitrogens with one attached hydrogen (secondary N) is 1. The van der Waals surface area contributed by atoms with Gasteiger partial charge in [-0.25, -0.2) is 19.0 Å². The number of aromatic nitrogens is 2. The molecule has 1 aliphatic carbocycles. The fourth-order valence-corrected chi connectivity index (χ4v) is 4.71. The standard InChI is InChI=1S/C24H29ClFN5O3/c1-14-6-5-7-18(26)19(14)30-13-15-12-27-21(25)29-20(15)31(23(30)33)17-10-8-16(9-11-17)28-22(32)34-24(2,3)4/h5-7,12,16-17H,8-11,13H2,1-4H3,(H,28,32). The predicted molar refractivity (Wildman–Crippen MR) is 128 cm³/mol. The highest BCUT2D eigenvalue weighted by Gasteiger charge is 2.40. The van der Waals surface area contributed by atoms with E-state index in [0.29, 0.717) is 42.6 Å². The van der Waals surface area contributed by atoms with Crippen molar-refractivity contribution in [3.05, 3.63) is 46.6 Å². The lowest BCUT2D eigenvalue weighted by molar-refractivity contribution is 0.0491. The van der Waals surface area contributed by atoms with Crippen LogP contribution in [0.15, 0.2) is 24.4 Å². The van der Waals surface area contributed by atoms with Crippen LogP contribution in [0.25, 0.3) is 0 Å². The highest BCUT2D eigenvalue weighted by molar-refractivity contribution is 6.28. The Bertz CT molecular complexity index is 1080. The minimum atomic E-state index is -0.571. The van der Waals surface area contributed by atoms with Crippen molar-refractivity contribution in [1.82, 2.24) is 15.3 Å². The average Bonchev–Trinajstić information content (AvgIpc) is 2.74. The minimum Gasteiger partial charge on any atom is -0.444 e. The van der Waals surface area contributed by atoms with Gasteiger partial charge in [0.25, 0.3) is 0 Å². The summed E-state index contributed by atoms with van der Waals surface area (Å²) in [6.45, 7) is 7.38. The topological polar surface area (TPSA) is 87.7 Å². The van der Waals surface area contributed by atoms with Gasteiger partial charge in [0.05, 0.1) is 12.2 Å². The van der Waals surface area contributed by atoms with Crippen LogP contribution in [-0.4, -0.2) is 39.8 Å². The van der Waals surface area contributed by atoms with Crippen molar-refractivity contribution in [2.75, 3.05) is 9.80 Å². The Labute approximate surface area is 203 Å². The molecule has 0 spiro atoms. The molecule has 1 fully saturated rings. The van der Waals surface area contributed by atoms with Gasteiger partial charge in [0, 0.05) is 23.8 Å². The number of fused-ring (bicyclic) bond motifs is 1. The molecular weight excluding hydrogens is 461 g/mol. The fraction of sp³-hybridized carbons (Fsp3) is 0.500. The fourth-order valence-electron chi connectivity index (χ4n) is 4.58. The molecule has 2 aliphatic rings. The Morgan fingerprint density at radius 2 is 1.94 bits per heavy atom. The summed E-state index contributed by atoms with van der Waals surface area (Å²) < 4.78 is 20.1. The first-order valence-corrected chi connectivity index (χ1v) is 11.8. The summed E-state index contributed by atoms with van der Waals surface area (Å²) in [5.41, 5.74) is 1.04. The molecule has 2 heterocycles. The van der Waals surface area contributed by atoms with Gasteiger partial charge in [-0.2, -0.15) is 4.98 Å². The molecule has 0 atom stereocenters. The maximum atomic E-state index is 14.8. The first-order valence-electron chi connectivity index (χ1n) is 11.4. The van der Waals surface area contributed by atoms with Gasteiger partial charge in [0.1, 0.15) is 17.2 Å². The summed E-state index contributed by atoms with van der Waals surface area (Å²) in [6, 6.07) is 4.17. The van der Waals surface area contributed by atoms with Crippen LogP contribution in [0.4, 0.5) is 25.5 Å². The molecule has 2 aromatic rings. The van der Waals surface area contributed by atoms with E-state index < -0.39 is 17.5 Å². The molecule has 10 heteroatoms. The molecule has 182 valence electrons. The van der Waals surface area contributed by atoms with Crippen LogP contribution >= 0.6 is 11.6 Å². The Balaban J connectivity index is 1.57. The molecular formula is C24H29ClFN5O3. The number of nitrogens with zero attached hydrogens (tertiary/aromatic N) is 4. The van der Waals surface area contributed by atoms with Gasteiger partial charge in [0.2, 0.25) is 5.28 Å². The summed E-state index contributed by atoms with van der Waals surface area (Å²) in [4.78, 5) is 37.3. The van der Waals surface area contributed by atoms with Crippen LogP contribution in [0.2, 0.25) is 5.28 Å². The number of benzene rings is 1. The molecule has 0 saturated heterocycles. The van der Waals surface area contributed by atoms with Crippen LogP contribution < -0.4 is 15.1 Å². The largest absolute Gasteiger partial charge is 0.444 e. The first kappa shape index (κ1) is 24.2. The number of rotatable bonds is 3. The van der Waals surface area contributed by atoms with Crippen LogP contribution in [0, 0.1) is 12.7 Å². The van der Waals surface area contributed by atoms with E-state index in [9.17, 15) is 14.0 Å². The van der Waals surface area contributed by atoms with Crippen LogP contribution in [0.5, 0.6) is 0 Å². The lowest BCUT2D eigenvalue weighted by atomic mass is 9.89. The Morgan fingerprint density at radius 1 is 1.24 bits per heavy atom. The zero-order valence-electron chi connectivity index (χ0n) is 19.8. The van der Waals surface area contributed by atoms with Crippen molar-refractivity contribution in [2.24, 2.45) is 0 Å². The minimum absolute atomic E-state index is 0.0485. The number of amides is 3. The number of para-hydroxylation sites is 1. The zero-order valence-corrected chi connectivity index (χ0v) is 20.5. The summed E-state index contributed by atoms with van der Waals surface area (Å²) >= 11 is 6.07. The van der Waals surface area contributed by atoms with E-state index in [0.717, 1.165) is 0 Å². The van der Waals surface area contributed by atoms with Crippen LogP contribution in [0.3, 0.4) is 0 Å². The SMILES string of the molecule is Cc1cccc(F)c1N1Cc2cnc(Cl)nc2N(C2CCC(NC(=O)OC(C)(C)C)CC2)C1=O. The van der Waals surface area contributed by atoms with Gasteiger partial charge in [-0.05, 0) is 76.6 Å². The number of urea groups is 1. The van der Waals surface area contributed by atoms with Crippen molar-refractivity contribution in [3.63, 3.8) is 0 Å². The monoisotopic (exact) mass is 489 g/mol. The predicted octanol–water partition coefficient (Wildman–Crippen LogP) is 5.36. The number of hydrogen-bond acceptors (Lipinski definition) is 5. The third-order valence-corrected chi connectivity index (χ3v) is 6.23. The Morgan fingerprint density at radius 3 is 2.59 bits per heavy atom.